The molecular weight excluding hydrogens is 507 g/mol. The maximum absolute atomic E-state index is 10.3. The first-order valence-electron chi connectivity index (χ1n) is 11.3. The van der Waals surface area contributed by atoms with Crippen molar-refractivity contribution in [3.8, 4) is 39.5 Å². The normalized spacial score (nSPS) is 10.8. The molecule has 0 radical (unpaired) electrons. The van der Waals surface area contributed by atoms with Crippen LogP contribution in [-0.2, 0) is 0 Å². The van der Waals surface area contributed by atoms with Gasteiger partial charge in [0.2, 0.25) is 0 Å². The van der Waals surface area contributed by atoms with Gasteiger partial charge in [-0.1, -0.05) is 71.7 Å². The fourth-order valence-electron chi connectivity index (χ4n) is 4.12. The van der Waals surface area contributed by atoms with Crippen molar-refractivity contribution in [1.82, 2.24) is 9.97 Å². The Balaban J connectivity index is 0.000000152. The van der Waals surface area contributed by atoms with Gasteiger partial charge in [0.15, 0.2) is 0 Å². The van der Waals surface area contributed by atoms with Crippen molar-refractivity contribution in [2.75, 3.05) is 0 Å². The van der Waals surface area contributed by atoms with Crippen LogP contribution in [0.4, 0.5) is 0 Å². The number of pyridine rings is 2. The number of fused-ring (bicyclic) bond motifs is 2. The van der Waals surface area contributed by atoms with Crippen molar-refractivity contribution in [1.29, 1.82) is 0 Å². The number of nitrogens with zero attached hydrogens (tertiary/aromatic N) is 2. The largest absolute Gasteiger partial charge is 0.507 e. The van der Waals surface area contributed by atoms with Crippen LogP contribution in [0.1, 0.15) is 0 Å². The van der Waals surface area contributed by atoms with E-state index in [1.807, 2.05) is 36.4 Å². The average Bonchev–Trinajstić information content (AvgIpc) is 2.94. The molecule has 0 aliphatic heterocycles. The Labute approximate surface area is 222 Å². The molecular formula is C30H20Cl2N2O3. The number of aromatic nitrogens is 2. The summed E-state index contributed by atoms with van der Waals surface area (Å²) >= 11 is 12.4. The van der Waals surface area contributed by atoms with Gasteiger partial charge in [-0.2, -0.15) is 0 Å². The lowest BCUT2D eigenvalue weighted by Gasteiger charge is -2.10. The smallest absolute Gasteiger partial charge is 0.149 e. The van der Waals surface area contributed by atoms with E-state index in [-0.39, 0.29) is 17.2 Å². The molecule has 0 saturated heterocycles. The van der Waals surface area contributed by atoms with E-state index in [9.17, 15) is 15.3 Å². The summed E-state index contributed by atoms with van der Waals surface area (Å²) in [4.78, 5) is 8.33. The lowest BCUT2D eigenvalue weighted by molar-refractivity contribution is 0.471. The van der Waals surface area contributed by atoms with Crippen LogP contribution in [0.2, 0.25) is 10.0 Å². The molecule has 0 aliphatic carbocycles. The van der Waals surface area contributed by atoms with Crippen molar-refractivity contribution in [2.45, 2.75) is 0 Å². The number of aromatic hydroxyl groups is 3. The summed E-state index contributed by atoms with van der Waals surface area (Å²) in [5, 5.41) is 33.0. The fraction of sp³-hybridized carbons (Fsp3) is 0. The van der Waals surface area contributed by atoms with Crippen molar-refractivity contribution < 1.29 is 15.3 Å². The van der Waals surface area contributed by atoms with E-state index in [1.165, 1.54) is 0 Å². The molecule has 4 aromatic carbocycles. The molecule has 0 atom stereocenters. The summed E-state index contributed by atoms with van der Waals surface area (Å²) in [7, 11) is 0. The van der Waals surface area contributed by atoms with Gasteiger partial charge in [-0.15, -0.1) is 0 Å². The number of phenols is 3. The number of hydrogen-bond donors (Lipinski definition) is 3. The maximum Gasteiger partial charge on any atom is 0.149 e. The number of para-hydroxylation sites is 1. The van der Waals surface area contributed by atoms with Gasteiger partial charge in [0.25, 0.3) is 0 Å². The predicted molar refractivity (Wildman–Crippen MR) is 149 cm³/mol. The molecule has 0 aliphatic rings. The number of rotatable bonds is 2. The minimum absolute atomic E-state index is 0.0153. The number of halogens is 2. The molecule has 5 nitrogen and oxygen atoms in total. The molecule has 0 spiro atoms. The first-order chi connectivity index (χ1) is 18.0. The highest BCUT2D eigenvalue weighted by Gasteiger charge is 2.15. The Bertz CT molecular complexity index is 1740. The third kappa shape index (κ3) is 4.75. The summed E-state index contributed by atoms with van der Waals surface area (Å²) in [6.45, 7) is 0. The highest BCUT2D eigenvalue weighted by Crippen LogP contribution is 2.42. The summed E-state index contributed by atoms with van der Waals surface area (Å²) in [5.74, 6) is 0.270. The topological polar surface area (TPSA) is 86.5 Å². The monoisotopic (exact) mass is 526 g/mol. The molecule has 2 heterocycles. The van der Waals surface area contributed by atoms with Gasteiger partial charge in [0.1, 0.15) is 28.3 Å². The molecule has 0 unspecified atom stereocenters. The fourth-order valence-corrected chi connectivity index (χ4v) is 4.64. The number of benzene rings is 4. The molecule has 0 amide bonds. The predicted octanol–water partition coefficient (Wildman–Crippen LogP) is 8.23. The molecule has 7 heteroatoms. The Morgan fingerprint density at radius 1 is 0.514 bits per heavy atom. The van der Waals surface area contributed by atoms with E-state index in [0.29, 0.717) is 43.2 Å². The third-order valence-electron chi connectivity index (χ3n) is 5.91. The van der Waals surface area contributed by atoms with Crippen molar-refractivity contribution in [3.63, 3.8) is 0 Å². The molecule has 0 bridgehead atoms. The zero-order valence-electron chi connectivity index (χ0n) is 19.3. The minimum Gasteiger partial charge on any atom is -0.507 e. The van der Waals surface area contributed by atoms with Crippen LogP contribution in [-0.4, -0.2) is 25.3 Å². The van der Waals surface area contributed by atoms with Crippen molar-refractivity contribution in [3.05, 3.63) is 113 Å². The van der Waals surface area contributed by atoms with Gasteiger partial charge in [0.05, 0.1) is 10.0 Å². The zero-order valence-corrected chi connectivity index (χ0v) is 20.8. The van der Waals surface area contributed by atoms with Gasteiger partial charge in [-0.25, -0.2) is 0 Å². The maximum atomic E-state index is 10.3. The Morgan fingerprint density at radius 2 is 1.03 bits per heavy atom. The second-order valence-corrected chi connectivity index (χ2v) is 9.01. The second kappa shape index (κ2) is 10.3. The summed E-state index contributed by atoms with van der Waals surface area (Å²) in [5.41, 5.74) is 3.57. The standard InChI is InChI=1S/C15H10ClNO2.C15H10ClNO/c16-12-8-11(9-4-1-2-6-13(9)18)15(19)14-10(12)5-3-7-17-14;16-13-9-12(10-5-2-1-3-6-10)15(18)14-11(13)7-4-8-17-14/h1-8,18-19H;1-9,18H. The summed E-state index contributed by atoms with van der Waals surface area (Å²) < 4.78 is 0. The Hall–Kier alpha value is -4.32. The van der Waals surface area contributed by atoms with E-state index in [2.05, 4.69) is 9.97 Å². The third-order valence-corrected chi connectivity index (χ3v) is 6.54. The lowest BCUT2D eigenvalue weighted by atomic mass is 10.0. The van der Waals surface area contributed by atoms with Crippen molar-refractivity contribution in [2.24, 2.45) is 0 Å². The second-order valence-electron chi connectivity index (χ2n) is 8.19. The van der Waals surface area contributed by atoms with Gasteiger partial charge in [-0.3, -0.25) is 9.97 Å². The molecule has 37 heavy (non-hydrogen) atoms. The van der Waals surface area contributed by atoms with E-state index in [1.54, 1.807) is 67.0 Å². The van der Waals surface area contributed by atoms with Crippen molar-refractivity contribution >= 4 is 45.0 Å². The van der Waals surface area contributed by atoms with Crippen LogP contribution >= 0.6 is 23.2 Å². The van der Waals surface area contributed by atoms with Crippen LogP contribution < -0.4 is 0 Å². The molecule has 182 valence electrons. The molecule has 2 aromatic heterocycles. The average molecular weight is 527 g/mol. The van der Waals surface area contributed by atoms with Crippen LogP contribution in [0.15, 0.2) is 103 Å². The van der Waals surface area contributed by atoms with E-state index in [0.717, 1.165) is 10.9 Å². The quantitative estimate of drug-likeness (QED) is 0.211. The van der Waals surface area contributed by atoms with Gasteiger partial charge in [0, 0.05) is 39.9 Å². The van der Waals surface area contributed by atoms with E-state index >= 15 is 0 Å². The highest BCUT2D eigenvalue weighted by atomic mass is 35.5. The van der Waals surface area contributed by atoms with Gasteiger partial charge >= 0.3 is 0 Å². The molecule has 6 aromatic rings. The van der Waals surface area contributed by atoms with Crippen LogP contribution in [0.5, 0.6) is 17.2 Å². The first-order valence-corrected chi connectivity index (χ1v) is 12.1. The highest BCUT2D eigenvalue weighted by molar-refractivity contribution is 6.36. The first kappa shape index (κ1) is 24.4. The summed E-state index contributed by atoms with van der Waals surface area (Å²) in [6, 6.07) is 27.0. The molecule has 0 saturated carbocycles. The van der Waals surface area contributed by atoms with E-state index < -0.39 is 0 Å². The molecule has 0 fully saturated rings. The number of hydrogen-bond acceptors (Lipinski definition) is 5. The molecule has 3 N–H and O–H groups in total. The Morgan fingerprint density at radius 3 is 1.62 bits per heavy atom. The zero-order chi connectivity index (χ0) is 25.9. The molecule has 6 rings (SSSR count). The summed E-state index contributed by atoms with van der Waals surface area (Å²) in [6.07, 6.45) is 3.24. The lowest BCUT2D eigenvalue weighted by Crippen LogP contribution is -1.86. The van der Waals surface area contributed by atoms with Gasteiger partial charge in [-0.05, 0) is 48.0 Å². The Kier molecular flexibility index (Phi) is 6.82. The van der Waals surface area contributed by atoms with Crippen LogP contribution in [0.3, 0.4) is 0 Å². The van der Waals surface area contributed by atoms with E-state index in [4.69, 9.17) is 23.2 Å². The SMILES string of the molecule is Oc1c(-c2ccccc2)cc(Cl)c2cccnc12.Oc1ccccc1-c1cc(Cl)c2cccnc2c1O. The van der Waals surface area contributed by atoms with Crippen LogP contribution in [0, 0.1) is 0 Å². The number of phenolic OH excluding ortho intramolecular Hbond substituents is 3. The van der Waals surface area contributed by atoms with Gasteiger partial charge < -0.3 is 15.3 Å². The minimum atomic E-state index is 0.0153. The van der Waals surface area contributed by atoms with Crippen LogP contribution in [0.25, 0.3) is 44.1 Å².